The van der Waals surface area contributed by atoms with Gasteiger partial charge < -0.3 is 5.73 Å². The van der Waals surface area contributed by atoms with Crippen LogP contribution in [0.25, 0.3) is 0 Å². The molecule has 4 heteroatoms. The number of benzene rings is 1. The highest BCUT2D eigenvalue weighted by atomic mass is 79.9. The van der Waals surface area contributed by atoms with Crippen molar-refractivity contribution in [1.82, 2.24) is 0 Å². The van der Waals surface area contributed by atoms with E-state index in [4.69, 9.17) is 5.73 Å². The Kier molecular flexibility index (Phi) is 2.59. The third-order valence-electron chi connectivity index (χ3n) is 2.91. The average Bonchev–Trinajstić information content (AvgIpc) is 2.42. The second kappa shape index (κ2) is 3.52. The van der Waals surface area contributed by atoms with E-state index in [2.05, 4.69) is 15.9 Å². The first-order chi connectivity index (χ1) is 6.91. The predicted octanol–water partition coefficient (Wildman–Crippen LogP) is 3.42. The van der Waals surface area contributed by atoms with Crippen LogP contribution in [-0.4, -0.2) is 5.92 Å². The lowest BCUT2D eigenvalue weighted by Crippen LogP contribution is -2.35. The highest BCUT2D eigenvalue weighted by Crippen LogP contribution is 2.45. The van der Waals surface area contributed by atoms with Crippen LogP contribution in [-0.2, 0) is 5.54 Å². The van der Waals surface area contributed by atoms with Gasteiger partial charge in [-0.3, -0.25) is 0 Å². The van der Waals surface area contributed by atoms with Gasteiger partial charge in [-0.05, 0) is 24.1 Å². The summed E-state index contributed by atoms with van der Waals surface area (Å²) in [5.41, 5.74) is 5.94. The molecule has 2 N–H and O–H groups in total. The van der Waals surface area contributed by atoms with Gasteiger partial charge in [-0.1, -0.05) is 28.1 Å². The fraction of sp³-hybridized carbons (Fsp3) is 0.455. The maximum atomic E-state index is 13.1. The zero-order valence-corrected chi connectivity index (χ0v) is 9.73. The van der Waals surface area contributed by atoms with Crippen LogP contribution < -0.4 is 5.73 Å². The summed E-state index contributed by atoms with van der Waals surface area (Å²) in [7, 11) is 0. The van der Waals surface area contributed by atoms with Gasteiger partial charge in [0.1, 0.15) is 0 Å². The monoisotopic (exact) mass is 275 g/mol. The average molecular weight is 276 g/mol. The Labute approximate surface area is 95.8 Å². The summed E-state index contributed by atoms with van der Waals surface area (Å²) in [5, 5.41) is 0. The number of halogens is 3. The molecule has 2 rings (SSSR count). The van der Waals surface area contributed by atoms with E-state index in [-0.39, 0.29) is 12.8 Å². The highest BCUT2D eigenvalue weighted by Gasteiger charge is 2.48. The molecule has 1 fully saturated rings. The van der Waals surface area contributed by atoms with Gasteiger partial charge in [-0.2, -0.15) is 0 Å². The van der Waals surface area contributed by atoms with Crippen molar-refractivity contribution in [2.45, 2.75) is 30.7 Å². The molecule has 0 radical (unpaired) electrons. The van der Waals surface area contributed by atoms with Crippen molar-refractivity contribution in [2.75, 3.05) is 0 Å². The van der Waals surface area contributed by atoms with E-state index < -0.39 is 11.5 Å². The molecule has 1 saturated carbocycles. The van der Waals surface area contributed by atoms with E-state index >= 15 is 0 Å². The van der Waals surface area contributed by atoms with Gasteiger partial charge in [0.2, 0.25) is 5.92 Å². The molecule has 15 heavy (non-hydrogen) atoms. The van der Waals surface area contributed by atoms with Crippen LogP contribution >= 0.6 is 15.9 Å². The number of rotatable bonds is 1. The molecule has 1 aromatic carbocycles. The molecule has 1 aliphatic carbocycles. The quantitative estimate of drug-likeness (QED) is 0.835. The summed E-state index contributed by atoms with van der Waals surface area (Å²) >= 11 is 3.32. The lowest BCUT2D eigenvalue weighted by atomic mass is 9.89. The Bertz CT molecular complexity index is 381. The van der Waals surface area contributed by atoms with Crippen molar-refractivity contribution in [3.63, 3.8) is 0 Å². The van der Waals surface area contributed by atoms with Crippen molar-refractivity contribution in [2.24, 2.45) is 5.73 Å². The first-order valence-electron chi connectivity index (χ1n) is 4.84. The zero-order chi connectivity index (χ0) is 11.1. The molecular weight excluding hydrogens is 264 g/mol. The summed E-state index contributed by atoms with van der Waals surface area (Å²) in [6.07, 6.45) is -0.0249. The third kappa shape index (κ3) is 2.21. The zero-order valence-electron chi connectivity index (χ0n) is 8.14. The second-order valence-electron chi connectivity index (χ2n) is 4.20. The summed E-state index contributed by atoms with van der Waals surface area (Å²) in [6.45, 7) is 0. The molecule has 1 nitrogen and oxygen atoms in total. The standard InChI is InChI=1S/C11H12BrF2N/c12-9-3-1-2-8(6-9)10(15)4-5-11(13,14)7-10/h1-3,6H,4-5,7,15H2. The third-order valence-corrected chi connectivity index (χ3v) is 3.40. The Hall–Kier alpha value is -0.480. The molecule has 0 saturated heterocycles. The number of alkyl halides is 2. The minimum Gasteiger partial charge on any atom is -0.321 e. The number of hydrogen-bond acceptors (Lipinski definition) is 1. The van der Waals surface area contributed by atoms with E-state index in [0.29, 0.717) is 6.42 Å². The van der Waals surface area contributed by atoms with Gasteiger partial charge in [-0.25, -0.2) is 8.78 Å². The minimum absolute atomic E-state index is 0.115. The molecular formula is C11H12BrF2N. The van der Waals surface area contributed by atoms with Gasteiger partial charge >= 0.3 is 0 Å². The van der Waals surface area contributed by atoms with Crippen molar-refractivity contribution in [3.8, 4) is 0 Å². The van der Waals surface area contributed by atoms with Gasteiger partial charge in [-0.15, -0.1) is 0 Å². The van der Waals surface area contributed by atoms with Crippen LogP contribution in [0.2, 0.25) is 0 Å². The molecule has 1 aromatic rings. The predicted molar refractivity (Wildman–Crippen MR) is 58.8 cm³/mol. The normalized spacial score (nSPS) is 29.3. The van der Waals surface area contributed by atoms with E-state index in [1.165, 1.54) is 0 Å². The van der Waals surface area contributed by atoms with E-state index in [1.54, 1.807) is 0 Å². The largest absolute Gasteiger partial charge is 0.321 e. The minimum atomic E-state index is -2.61. The molecule has 0 aliphatic heterocycles. The molecule has 0 heterocycles. The van der Waals surface area contributed by atoms with Gasteiger partial charge in [0.05, 0.1) is 0 Å². The Balaban J connectivity index is 2.31. The molecule has 1 atom stereocenters. The second-order valence-corrected chi connectivity index (χ2v) is 5.11. The van der Waals surface area contributed by atoms with E-state index in [9.17, 15) is 8.78 Å². The smallest absolute Gasteiger partial charge is 0.250 e. The highest BCUT2D eigenvalue weighted by molar-refractivity contribution is 9.10. The molecule has 1 aliphatic rings. The van der Waals surface area contributed by atoms with E-state index in [0.717, 1.165) is 10.0 Å². The van der Waals surface area contributed by atoms with Crippen molar-refractivity contribution in [3.05, 3.63) is 34.3 Å². The van der Waals surface area contributed by atoms with Crippen LogP contribution in [0, 0.1) is 0 Å². The SMILES string of the molecule is NC1(c2cccc(Br)c2)CCC(F)(F)C1. The summed E-state index contributed by atoms with van der Waals surface area (Å²) in [6, 6.07) is 7.32. The van der Waals surface area contributed by atoms with Crippen LogP contribution in [0.5, 0.6) is 0 Å². The lowest BCUT2D eigenvalue weighted by Gasteiger charge is -2.24. The topological polar surface area (TPSA) is 26.0 Å². The molecule has 0 bridgehead atoms. The van der Waals surface area contributed by atoms with Gasteiger partial charge in [0.15, 0.2) is 0 Å². The van der Waals surface area contributed by atoms with Gasteiger partial charge in [0.25, 0.3) is 0 Å². The van der Waals surface area contributed by atoms with Crippen LogP contribution in [0.1, 0.15) is 24.8 Å². The Morgan fingerprint density at radius 2 is 2.00 bits per heavy atom. The fourth-order valence-corrected chi connectivity index (χ4v) is 2.49. The molecule has 82 valence electrons. The Morgan fingerprint density at radius 3 is 2.53 bits per heavy atom. The lowest BCUT2D eigenvalue weighted by molar-refractivity contribution is 0.00291. The van der Waals surface area contributed by atoms with Crippen LogP contribution in [0.15, 0.2) is 28.7 Å². The fourth-order valence-electron chi connectivity index (χ4n) is 2.09. The molecule has 0 spiro atoms. The maximum Gasteiger partial charge on any atom is 0.250 e. The first-order valence-corrected chi connectivity index (χ1v) is 5.63. The number of nitrogens with two attached hydrogens (primary N) is 1. The van der Waals surface area contributed by atoms with Crippen molar-refractivity contribution < 1.29 is 8.78 Å². The van der Waals surface area contributed by atoms with Crippen molar-refractivity contribution in [1.29, 1.82) is 0 Å². The molecule has 0 aromatic heterocycles. The summed E-state index contributed by atoms with van der Waals surface area (Å²) in [5.74, 6) is -2.61. The molecule has 1 unspecified atom stereocenters. The summed E-state index contributed by atoms with van der Waals surface area (Å²) < 4.78 is 27.1. The maximum absolute atomic E-state index is 13.1. The van der Waals surface area contributed by atoms with Crippen LogP contribution in [0.3, 0.4) is 0 Å². The summed E-state index contributed by atoms with van der Waals surface area (Å²) in [4.78, 5) is 0. The van der Waals surface area contributed by atoms with Gasteiger partial charge in [0, 0.05) is 22.9 Å². The van der Waals surface area contributed by atoms with E-state index in [1.807, 2.05) is 24.3 Å². The van der Waals surface area contributed by atoms with Crippen LogP contribution in [0.4, 0.5) is 8.78 Å². The molecule has 0 amide bonds. The van der Waals surface area contributed by atoms with Crippen molar-refractivity contribution >= 4 is 15.9 Å². The Morgan fingerprint density at radius 1 is 1.27 bits per heavy atom. The number of hydrogen-bond donors (Lipinski definition) is 1. The first kappa shape index (κ1) is 11.0.